The van der Waals surface area contributed by atoms with Gasteiger partial charge in [0.25, 0.3) is 0 Å². The highest BCUT2D eigenvalue weighted by molar-refractivity contribution is 7.88. The Morgan fingerprint density at radius 3 is 2.88 bits per heavy atom. The number of anilines is 1. The Bertz CT molecular complexity index is 1040. The van der Waals surface area contributed by atoms with Crippen LogP contribution in [-0.2, 0) is 10.0 Å². The molecule has 0 bridgehead atoms. The number of sulfonamides is 1. The molecule has 1 atom stereocenters. The van der Waals surface area contributed by atoms with Crippen LogP contribution in [0.5, 0.6) is 0 Å². The van der Waals surface area contributed by atoms with Crippen LogP contribution in [0.3, 0.4) is 0 Å². The molecule has 7 nitrogen and oxygen atoms in total. The summed E-state index contributed by atoms with van der Waals surface area (Å²) in [6.45, 7) is 3.01. The van der Waals surface area contributed by atoms with Crippen LogP contribution >= 0.6 is 0 Å². The van der Waals surface area contributed by atoms with Crippen molar-refractivity contribution < 1.29 is 8.42 Å². The molecular weight excluding hydrogens is 338 g/mol. The van der Waals surface area contributed by atoms with E-state index in [2.05, 4.69) is 10.4 Å². The van der Waals surface area contributed by atoms with Crippen molar-refractivity contribution in [2.24, 2.45) is 0 Å². The lowest BCUT2D eigenvalue weighted by Gasteiger charge is -2.31. The minimum atomic E-state index is -3.17. The number of hydrogen-bond acceptors (Lipinski definition) is 5. The zero-order valence-corrected chi connectivity index (χ0v) is 15.1. The van der Waals surface area contributed by atoms with E-state index in [-0.39, 0.29) is 6.04 Å². The van der Waals surface area contributed by atoms with Crippen LogP contribution in [0.25, 0.3) is 16.6 Å². The number of piperidine rings is 1. The Labute approximate surface area is 146 Å². The first kappa shape index (κ1) is 16.3. The second kappa shape index (κ2) is 5.96. The van der Waals surface area contributed by atoms with E-state index in [1.165, 1.54) is 10.6 Å². The maximum atomic E-state index is 11.8. The number of hydrogen-bond donors (Lipinski definition) is 1. The highest BCUT2D eigenvalue weighted by Crippen LogP contribution is 2.25. The predicted octanol–water partition coefficient (Wildman–Crippen LogP) is 2.03. The van der Waals surface area contributed by atoms with Crippen molar-refractivity contribution in [1.82, 2.24) is 18.9 Å². The lowest BCUT2D eigenvalue weighted by atomic mass is 10.1. The van der Waals surface area contributed by atoms with E-state index in [0.717, 1.165) is 40.9 Å². The molecule has 0 spiro atoms. The van der Waals surface area contributed by atoms with E-state index in [4.69, 9.17) is 4.98 Å². The van der Waals surface area contributed by atoms with Crippen LogP contribution in [0.1, 0.15) is 18.5 Å². The maximum Gasteiger partial charge on any atom is 0.211 e. The highest BCUT2D eigenvalue weighted by atomic mass is 32.2. The van der Waals surface area contributed by atoms with Crippen LogP contribution in [0.15, 0.2) is 30.3 Å². The summed E-state index contributed by atoms with van der Waals surface area (Å²) >= 11 is 0. The zero-order valence-electron chi connectivity index (χ0n) is 14.3. The van der Waals surface area contributed by atoms with E-state index < -0.39 is 10.0 Å². The standard InChI is InChI=1S/C17H21N5O2S/c1-12-10-16-19-17(14-7-3-4-8-15(14)22(16)20-12)18-13-6-5-9-21(11-13)25(2,23)24/h3-4,7-8,10,13H,5-6,9,11H2,1-2H3,(H,18,19)/t13-/m1/s1. The average Bonchev–Trinajstić information content (AvgIpc) is 2.95. The molecule has 25 heavy (non-hydrogen) atoms. The summed E-state index contributed by atoms with van der Waals surface area (Å²) in [5.41, 5.74) is 2.68. The summed E-state index contributed by atoms with van der Waals surface area (Å²) in [6.07, 6.45) is 3.03. The molecule has 1 saturated heterocycles. The third-order valence-electron chi connectivity index (χ3n) is 4.62. The van der Waals surface area contributed by atoms with Crippen LogP contribution in [-0.4, -0.2) is 52.7 Å². The van der Waals surface area contributed by atoms with Gasteiger partial charge in [-0.05, 0) is 31.9 Å². The quantitative estimate of drug-likeness (QED) is 0.774. The minimum absolute atomic E-state index is 0.0471. The fourth-order valence-electron chi connectivity index (χ4n) is 3.44. The number of aromatic nitrogens is 3. The van der Waals surface area contributed by atoms with Gasteiger partial charge >= 0.3 is 0 Å². The van der Waals surface area contributed by atoms with Crippen LogP contribution < -0.4 is 5.32 Å². The average molecular weight is 359 g/mol. The molecule has 0 amide bonds. The molecule has 1 fully saturated rings. The summed E-state index contributed by atoms with van der Waals surface area (Å²) in [4.78, 5) is 4.73. The number of aryl methyl sites for hydroxylation is 1. The fraction of sp³-hybridized carbons (Fsp3) is 0.412. The molecule has 0 aliphatic carbocycles. The lowest BCUT2D eigenvalue weighted by Crippen LogP contribution is -2.44. The van der Waals surface area contributed by atoms with E-state index in [9.17, 15) is 8.42 Å². The molecule has 132 valence electrons. The van der Waals surface area contributed by atoms with Gasteiger partial charge in [-0.3, -0.25) is 0 Å². The predicted molar refractivity (Wildman–Crippen MR) is 98.3 cm³/mol. The van der Waals surface area contributed by atoms with Gasteiger partial charge in [-0.1, -0.05) is 12.1 Å². The first-order valence-corrected chi connectivity index (χ1v) is 10.2. The SMILES string of the molecule is Cc1cc2nc(N[C@@H]3CCCN(S(C)(=O)=O)C3)c3ccccc3n2n1. The molecule has 0 saturated carbocycles. The van der Waals surface area contributed by atoms with E-state index in [1.807, 2.05) is 41.8 Å². The topological polar surface area (TPSA) is 79.6 Å². The Balaban J connectivity index is 1.73. The third kappa shape index (κ3) is 3.07. The van der Waals surface area contributed by atoms with Crippen molar-refractivity contribution in [3.63, 3.8) is 0 Å². The molecule has 4 rings (SSSR count). The summed E-state index contributed by atoms with van der Waals surface area (Å²) in [5.74, 6) is 0.781. The molecule has 8 heteroatoms. The summed E-state index contributed by atoms with van der Waals surface area (Å²) in [6, 6.07) is 9.98. The summed E-state index contributed by atoms with van der Waals surface area (Å²) in [5, 5.41) is 8.96. The minimum Gasteiger partial charge on any atom is -0.365 e. The molecule has 1 aromatic carbocycles. The number of benzene rings is 1. The molecule has 2 aromatic heterocycles. The first-order valence-electron chi connectivity index (χ1n) is 8.38. The molecule has 3 aromatic rings. The number of rotatable bonds is 3. The van der Waals surface area contributed by atoms with Crippen molar-refractivity contribution >= 4 is 32.4 Å². The maximum absolute atomic E-state index is 11.8. The second-order valence-electron chi connectivity index (χ2n) is 6.64. The van der Waals surface area contributed by atoms with Crippen LogP contribution in [0.4, 0.5) is 5.82 Å². The van der Waals surface area contributed by atoms with Gasteiger partial charge in [0.05, 0.1) is 17.5 Å². The third-order valence-corrected chi connectivity index (χ3v) is 5.89. The van der Waals surface area contributed by atoms with Crippen LogP contribution in [0, 0.1) is 6.92 Å². The summed E-state index contributed by atoms with van der Waals surface area (Å²) in [7, 11) is -3.17. The molecule has 1 aliphatic heterocycles. The number of nitrogens with zero attached hydrogens (tertiary/aromatic N) is 4. The van der Waals surface area contributed by atoms with Gasteiger partial charge in [-0.15, -0.1) is 0 Å². The number of fused-ring (bicyclic) bond motifs is 3. The molecule has 1 aliphatic rings. The van der Waals surface area contributed by atoms with Gasteiger partial charge in [0.2, 0.25) is 10.0 Å². The monoisotopic (exact) mass is 359 g/mol. The van der Waals surface area contributed by atoms with Crippen molar-refractivity contribution in [3.05, 3.63) is 36.0 Å². The normalized spacial score (nSPS) is 19.5. The number of nitrogens with one attached hydrogen (secondary N) is 1. The van der Waals surface area contributed by atoms with Crippen molar-refractivity contribution in [1.29, 1.82) is 0 Å². The number of para-hydroxylation sites is 1. The molecule has 0 unspecified atom stereocenters. The van der Waals surface area contributed by atoms with Gasteiger partial charge in [0, 0.05) is 30.6 Å². The van der Waals surface area contributed by atoms with Gasteiger partial charge in [-0.25, -0.2) is 22.2 Å². The molecule has 3 heterocycles. The van der Waals surface area contributed by atoms with Crippen molar-refractivity contribution in [2.75, 3.05) is 24.7 Å². The van der Waals surface area contributed by atoms with Gasteiger partial charge in [-0.2, -0.15) is 5.10 Å². The van der Waals surface area contributed by atoms with Gasteiger partial charge in [0.15, 0.2) is 5.65 Å². The van der Waals surface area contributed by atoms with E-state index in [1.54, 1.807) is 0 Å². The van der Waals surface area contributed by atoms with Gasteiger partial charge < -0.3 is 5.32 Å². The Morgan fingerprint density at radius 1 is 1.28 bits per heavy atom. The Hall–Kier alpha value is -2.19. The molecular formula is C17H21N5O2S. The van der Waals surface area contributed by atoms with Crippen LogP contribution in [0.2, 0.25) is 0 Å². The Morgan fingerprint density at radius 2 is 2.08 bits per heavy atom. The zero-order chi connectivity index (χ0) is 17.6. The van der Waals surface area contributed by atoms with E-state index in [0.29, 0.717) is 13.1 Å². The smallest absolute Gasteiger partial charge is 0.211 e. The van der Waals surface area contributed by atoms with Gasteiger partial charge in [0.1, 0.15) is 5.82 Å². The summed E-state index contributed by atoms with van der Waals surface area (Å²) < 4.78 is 27.1. The van der Waals surface area contributed by atoms with Crippen molar-refractivity contribution in [3.8, 4) is 0 Å². The highest BCUT2D eigenvalue weighted by Gasteiger charge is 2.26. The van der Waals surface area contributed by atoms with E-state index >= 15 is 0 Å². The molecule has 0 radical (unpaired) electrons. The lowest BCUT2D eigenvalue weighted by molar-refractivity contribution is 0.329. The molecule has 1 N–H and O–H groups in total. The Kier molecular flexibility index (Phi) is 3.88. The van der Waals surface area contributed by atoms with Crippen molar-refractivity contribution in [2.45, 2.75) is 25.8 Å². The second-order valence-corrected chi connectivity index (χ2v) is 8.62. The fourth-order valence-corrected chi connectivity index (χ4v) is 4.35. The first-order chi connectivity index (χ1) is 11.9. The largest absolute Gasteiger partial charge is 0.365 e.